The van der Waals surface area contributed by atoms with Gasteiger partial charge in [0.2, 0.25) is 0 Å². The second-order valence-electron chi connectivity index (χ2n) is 4.95. The van der Waals surface area contributed by atoms with E-state index in [-0.39, 0.29) is 0 Å². The topological polar surface area (TPSA) is 15.8 Å². The summed E-state index contributed by atoms with van der Waals surface area (Å²) in [7, 11) is 0. The van der Waals surface area contributed by atoms with Crippen LogP contribution in [0.25, 0.3) is 0 Å². The van der Waals surface area contributed by atoms with E-state index in [2.05, 4.69) is 4.90 Å². The lowest BCUT2D eigenvalue weighted by atomic mass is 10.0. The molecule has 2 saturated heterocycles. The standard InChI is InChI=1S/C11H19NO/c1-2-9-6-12(7-10(9)3-1)5-4-11-8-13-11/h9-11H,1-8H2. The summed E-state index contributed by atoms with van der Waals surface area (Å²) in [6, 6.07) is 0. The summed E-state index contributed by atoms with van der Waals surface area (Å²) in [6.45, 7) is 5.09. The smallest absolute Gasteiger partial charge is 0.0822 e. The van der Waals surface area contributed by atoms with Crippen molar-refractivity contribution >= 4 is 0 Å². The molecule has 2 nitrogen and oxygen atoms in total. The van der Waals surface area contributed by atoms with Crippen LogP contribution in [0.15, 0.2) is 0 Å². The van der Waals surface area contributed by atoms with E-state index in [0.29, 0.717) is 6.10 Å². The lowest BCUT2D eigenvalue weighted by Crippen LogP contribution is -2.23. The minimum Gasteiger partial charge on any atom is -0.373 e. The van der Waals surface area contributed by atoms with Crippen molar-refractivity contribution in [3.63, 3.8) is 0 Å². The third-order valence-corrected chi connectivity index (χ3v) is 3.97. The highest BCUT2D eigenvalue weighted by atomic mass is 16.6. The molecule has 0 N–H and O–H groups in total. The van der Waals surface area contributed by atoms with Crippen molar-refractivity contribution in [1.82, 2.24) is 4.90 Å². The van der Waals surface area contributed by atoms with Gasteiger partial charge < -0.3 is 9.64 Å². The summed E-state index contributed by atoms with van der Waals surface area (Å²) >= 11 is 0. The Hall–Kier alpha value is -0.0800. The second kappa shape index (κ2) is 3.25. The van der Waals surface area contributed by atoms with E-state index in [9.17, 15) is 0 Å². The molecule has 1 aliphatic carbocycles. The summed E-state index contributed by atoms with van der Waals surface area (Å²) in [4.78, 5) is 2.66. The Labute approximate surface area is 80.2 Å². The first kappa shape index (κ1) is 8.25. The van der Waals surface area contributed by atoms with Gasteiger partial charge in [-0.15, -0.1) is 0 Å². The van der Waals surface area contributed by atoms with Gasteiger partial charge in [0.05, 0.1) is 12.7 Å². The molecular weight excluding hydrogens is 162 g/mol. The van der Waals surface area contributed by atoms with Crippen LogP contribution < -0.4 is 0 Å². The zero-order chi connectivity index (χ0) is 8.67. The van der Waals surface area contributed by atoms with Crippen LogP contribution in [0.5, 0.6) is 0 Å². The van der Waals surface area contributed by atoms with Gasteiger partial charge in [-0.25, -0.2) is 0 Å². The third-order valence-electron chi connectivity index (χ3n) is 3.97. The molecule has 0 spiro atoms. The molecule has 0 aromatic heterocycles. The summed E-state index contributed by atoms with van der Waals surface area (Å²) in [6.07, 6.45) is 6.40. The molecule has 3 atom stereocenters. The number of fused-ring (bicyclic) bond motifs is 1. The van der Waals surface area contributed by atoms with Crippen molar-refractivity contribution in [2.45, 2.75) is 31.8 Å². The van der Waals surface area contributed by atoms with Crippen LogP contribution in [0, 0.1) is 11.8 Å². The molecule has 3 unspecified atom stereocenters. The molecule has 3 aliphatic rings. The average Bonchev–Trinajstić information content (AvgIpc) is 2.71. The van der Waals surface area contributed by atoms with Crippen LogP contribution >= 0.6 is 0 Å². The van der Waals surface area contributed by atoms with Crippen molar-refractivity contribution in [3.05, 3.63) is 0 Å². The molecular formula is C11H19NO. The predicted molar refractivity (Wildman–Crippen MR) is 51.6 cm³/mol. The summed E-state index contributed by atoms with van der Waals surface area (Å²) in [5, 5.41) is 0. The van der Waals surface area contributed by atoms with E-state index in [1.807, 2.05) is 0 Å². The summed E-state index contributed by atoms with van der Waals surface area (Å²) < 4.78 is 5.24. The molecule has 0 radical (unpaired) electrons. The van der Waals surface area contributed by atoms with Crippen LogP contribution in [-0.4, -0.2) is 37.2 Å². The van der Waals surface area contributed by atoms with Crippen molar-refractivity contribution in [1.29, 1.82) is 0 Å². The van der Waals surface area contributed by atoms with Gasteiger partial charge >= 0.3 is 0 Å². The van der Waals surface area contributed by atoms with E-state index in [1.165, 1.54) is 45.3 Å². The van der Waals surface area contributed by atoms with Crippen molar-refractivity contribution in [3.8, 4) is 0 Å². The van der Waals surface area contributed by atoms with Gasteiger partial charge in [0.15, 0.2) is 0 Å². The average molecular weight is 181 g/mol. The maximum absolute atomic E-state index is 5.24. The second-order valence-corrected chi connectivity index (χ2v) is 4.95. The summed E-state index contributed by atoms with van der Waals surface area (Å²) in [5.74, 6) is 2.11. The molecule has 0 aromatic carbocycles. The first-order valence-electron chi connectivity index (χ1n) is 5.76. The quantitative estimate of drug-likeness (QED) is 0.613. The highest BCUT2D eigenvalue weighted by Gasteiger charge is 2.36. The normalized spacial score (nSPS) is 43.8. The zero-order valence-corrected chi connectivity index (χ0v) is 8.24. The Balaban J connectivity index is 1.46. The number of epoxide rings is 1. The van der Waals surface area contributed by atoms with Crippen LogP contribution in [0.1, 0.15) is 25.7 Å². The molecule has 1 saturated carbocycles. The van der Waals surface area contributed by atoms with Crippen LogP contribution in [-0.2, 0) is 4.74 Å². The maximum Gasteiger partial charge on any atom is 0.0822 e. The van der Waals surface area contributed by atoms with Gasteiger partial charge in [0.1, 0.15) is 0 Å². The number of hydrogen-bond donors (Lipinski definition) is 0. The number of likely N-dealkylation sites (tertiary alicyclic amines) is 1. The van der Waals surface area contributed by atoms with Crippen molar-refractivity contribution in [2.75, 3.05) is 26.2 Å². The highest BCUT2D eigenvalue weighted by molar-refractivity contribution is 4.88. The number of nitrogens with zero attached hydrogens (tertiary/aromatic N) is 1. The van der Waals surface area contributed by atoms with E-state index >= 15 is 0 Å². The highest BCUT2D eigenvalue weighted by Crippen LogP contribution is 2.37. The molecule has 2 heteroatoms. The fourth-order valence-corrected chi connectivity index (χ4v) is 3.08. The number of hydrogen-bond acceptors (Lipinski definition) is 2. The minimum absolute atomic E-state index is 0.625. The largest absolute Gasteiger partial charge is 0.373 e. The Morgan fingerprint density at radius 3 is 2.46 bits per heavy atom. The SMILES string of the molecule is C1CC2CN(CCC3CO3)CC2C1. The Morgan fingerprint density at radius 1 is 1.15 bits per heavy atom. The molecule has 3 rings (SSSR count). The van der Waals surface area contributed by atoms with Crippen LogP contribution in [0.4, 0.5) is 0 Å². The van der Waals surface area contributed by atoms with Crippen LogP contribution in [0.3, 0.4) is 0 Å². The molecule has 3 fully saturated rings. The zero-order valence-electron chi connectivity index (χ0n) is 8.24. The van der Waals surface area contributed by atoms with Gasteiger partial charge in [-0.2, -0.15) is 0 Å². The Morgan fingerprint density at radius 2 is 1.85 bits per heavy atom. The molecule has 0 amide bonds. The molecule has 0 aromatic rings. The lowest BCUT2D eigenvalue weighted by molar-refractivity contribution is 0.285. The van der Waals surface area contributed by atoms with E-state index in [1.54, 1.807) is 0 Å². The Bertz CT molecular complexity index is 179. The van der Waals surface area contributed by atoms with E-state index in [0.717, 1.165) is 18.4 Å². The Kier molecular flexibility index (Phi) is 2.06. The minimum atomic E-state index is 0.625. The third kappa shape index (κ3) is 1.75. The number of rotatable bonds is 3. The molecule has 2 aliphatic heterocycles. The van der Waals surface area contributed by atoms with Gasteiger partial charge in [-0.3, -0.25) is 0 Å². The molecule has 2 heterocycles. The molecule has 74 valence electrons. The first-order valence-corrected chi connectivity index (χ1v) is 5.76. The van der Waals surface area contributed by atoms with Crippen molar-refractivity contribution < 1.29 is 4.74 Å². The molecule has 13 heavy (non-hydrogen) atoms. The van der Waals surface area contributed by atoms with Crippen molar-refractivity contribution in [2.24, 2.45) is 11.8 Å². The summed E-state index contributed by atoms with van der Waals surface area (Å²) in [5.41, 5.74) is 0. The predicted octanol–water partition coefficient (Wildman–Crippen LogP) is 1.51. The fourth-order valence-electron chi connectivity index (χ4n) is 3.08. The monoisotopic (exact) mass is 181 g/mol. The van der Waals surface area contributed by atoms with E-state index in [4.69, 9.17) is 4.74 Å². The van der Waals surface area contributed by atoms with E-state index < -0.39 is 0 Å². The van der Waals surface area contributed by atoms with Crippen LogP contribution in [0.2, 0.25) is 0 Å². The van der Waals surface area contributed by atoms with Gasteiger partial charge in [-0.05, 0) is 31.1 Å². The maximum atomic E-state index is 5.24. The first-order chi connectivity index (χ1) is 6.42. The fraction of sp³-hybridized carbons (Fsp3) is 1.00. The van der Waals surface area contributed by atoms with Gasteiger partial charge in [0.25, 0.3) is 0 Å². The van der Waals surface area contributed by atoms with Gasteiger partial charge in [-0.1, -0.05) is 6.42 Å². The lowest BCUT2D eigenvalue weighted by Gasteiger charge is -2.15. The number of ether oxygens (including phenoxy) is 1. The molecule has 0 bridgehead atoms. The van der Waals surface area contributed by atoms with Gasteiger partial charge in [0, 0.05) is 19.6 Å².